The third kappa shape index (κ3) is 4.23. The minimum atomic E-state index is 0.220. The van der Waals surface area contributed by atoms with Gasteiger partial charge in [0.25, 0.3) is 5.91 Å². The number of benzene rings is 1. The lowest BCUT2D eigenvalue weighted by Gasteiger charge is -2.25. The molecule has 1 aromatic rings. The fraction of sp³-hybridized carbons (Fsp3) is 0.611. The Morgan fingerprint density at radius 2 is 1.45 bits per heavy atom. The van der Waals surface area contributed by atoms with Gasteiger partial charge in [-0.05, 0) is 48.5 Å². The highest BCUT2D eigenvalue weighted by Gasteiger charge is 2.19. The largest absolute Gasteiger partial charge is 0.339 e. The summed E-state index contributed by atoms with van der Waals surface area (Å²) in [5.74, 6) is 2.73. The fourth-order valence-corrected chi connectivity index (χ4v) is 5.99. The van der Waals surface area contributed by atoms with Gasteiger partial charge in [0.15, 0.2) is 0 Å². The molecule has 2 heterocycles. The Hall–Kier alpha value is -0.610. The molecule has 0 unspecified atom stereocenters. The van der Waals surface area contributed by atoms with Crippen LogP contribution in [0.15, 0.2) is 24.3 Å². The van der Waals surface area contributed by atoms with E-state index in [2.05, 4.69) is 17.0 Å². The lowest BCUT2D eigenvalue weighted by molar-refractivity contribution is 0.0742. The molecule has 0 spiro atoms. The quantitative estimate of drug-likeness (QED) is 0.762. The maximum absolute atomic E-state index is 12.7. The van der Waals surface area contributed by atoms with Gasteiger partial charge in [0.05, 0.1) is 4.58 Å². The molecule has 0 saturated carbocycles. The lowest BCUT2D eigenvalue weighted by Crippen LogP contribution is -2.33. The summed E-state index contributed by atoms with van der Waals surface area (Å²) in [5.41, 5.74) is 2.22. The first kappa shape index (κ1) is 16.3. The van der Waals surface area contributed by atoms with Crippen LogP contribution in [0.25, 0.3) is 0 Å². The summed E-state index contributed by atoms with van der Waals surface area (Å²) in [6.07, 6.45) is 7.47. The molecule has 0 aliphatic carbocycles. The Morgan fingerprint density at radius 3 is 2.09 bits per heavy atom. The summed E-state index contributed by atoms with van der Waals surface area (Å²) < 4.78 is 0.555. The second-order valence-corrected chi connectivity index (χ2v) is 8.83. The molecular formula is C18H25NOS2. The molecule has 0 aromatic heterocycles. The van der Waals surface area contributed by atoms with Crippen molar-refractivity contribution in [3.05, 3.63) is 35.4 Å². The van der Waals surface area contributed by atoms with Crippen molar-refractivity contribution < 1.29 is 4.79 Å². The first-order valence-electron chi connectivity index (χ1n) is 8.47. The van der Waals surface area contributed by atoms with Crippen LogP contribution in [0.5, 0.6) is 0 Å². The minimum absolute atomic E-state index is 0.220. The van der Waals surface area contributed by atoms with Gasteiger partial charge in [0.2, 0.25) is 0 Å². The number of carbonyl (C=O) groups is 1. The zero-order valence-electron chi connectivity index (χ0n) is 13.1. The van der Waals surface area contributed by atoms with Crippen molar-refractivity contribution in [3.63, 3.8) is 0 Å². The summed E-state index contributed by atoms with van der Waals surface area (Å²) in [6.45, 7) is 1.85. The molecule has 2 saturated heterocycles. The van der Waals surface area contributed by atoms with E-state index in [-0.39, 0.29) is 5.91 Å². The van der Waals surface area contributed by atoms with Crippen molar-refractivity contribution in [1.29, 1.82) is 0 Å². The zero-order valence-corrected chi connectivity index (χ0v) is 14.8. The van der Waals surface area contributed by atoms with Crippen molar-refractivity contribution in [2.45, 2.75) is 43.1 Å². The highest BCUT2D eigenvalue weighted by molar-refractivity contribution is 8.16. The van der Waals surface area contributed by atoms with Crippen LogP contribution in [-0.2, 0) is 0 Å². The average molecular weight is 336 g/mol. The summed E-state index contributed by atoms with van der Waals surface area (Å²) in [4.78, 5) is 14.7. The van der Waals surface area contributed by atoms with Crippen LogP contribution in [0.2, 0.25) is 0 Å². The number of amides is 1. The summed E-state index contributed by atoms with van der Waals surface area (Å²) >= 11 is 4.06. The molecule has 4 heteroatoms. The Balaban J connectivity index is 1.64. The molecule has 0 atom stereocenters. The molecule has 120 valence electrons. The SMILES string of the molecule is O=C(c1ccc(C2SCCCS2)cc1)N1CCCCCCC1. The number of thioether (sulfide) groups is 2. The van der Waals surface area contributed by atoms with E-state index in [0.717, 1.165) is 31.5 Å². The molecule has 0 bridgehead atoms. The van der Waals surface area contributed by atoms with Crippen molar-refractivity contribution >= 4 is 29.4 Å². The van der Waals surface area contributed by atoms with E-state index in [0.29, 0.717) is 4.58 Å². The monoisotopic (exact) mass is 335 g/mol. The molecule has 0 N–H and O–H groups in total. The Kier molecular flexibility index (Phi) is 6.13. The molecular weight excluding hydrogens is 310 g/mol. The normalized spacial score (nSPS) is 21.2. The zero-order chi connectivity index (χ0) is 15.2. The highest BCUT2D eigenvalue weighted by atomic mass is 32.2. The minimum Gasteiger partial charge on any atom is -0.339 e. The van der Waals surface area contributed by atoms with E-state index in [1.807, 2.05) is 35.7 Å². The van der Waals surface area contributed by atoms with E-state index in [1.165, 1.54) is 42.8 Å². The summed E-state index contributed by atoms with van der Waals surface area (Å²) in [7, 11) is 0. The van der Waals surface area contributed by atoms with Crippen molar-refractivity contribution in [1.82, 2.24) is 4.90 Å². The van der Waals surface area contributed by atoms with E-state index < -0.39 is 0 Å². The Morgan fingerprint density at radius 1 is 0.864 bits per heavy atom. The average Bonchev–Trinajstić information content (AvgIpc) is 2.55. The Bertz CT molecular complexity index is 474. The van der Waals surface area contributed by atoms with Crippen LogP contribution in [0.3, 0.4) is 0 Å². The van der Waals surface area contributed by atoms with Crippen LogP contribution in [0, 0.1) is 0 Å². The number of likely N-dealkylation sites (tertiary alicyclic amines) is 1. The number of rotatable bonds is 2. The van der Waals surface area contributed by atoms with Crippen LogP contribution >= 0.6 is 23.5 Å². The van der Waals surface area contributed by atoms with Gasteiger partial charge in [0, 0.05) is 18.7 Å². The summed E-state index contributed by atoms with van der Waals surface area (Å²) in [6, 6.07) is 8.39. The number of hydrogen-bond acceptors (Lipinski definition) is 3. The van der Waals surface area contributed by atoms with Gasteiger partial charge in [-0.1, -0.05) is 31.4 Å². The first-order valence-corrected chi connectivity index (χ1v) is 10.6. The van der Waals surface area contributed by atoms with Gasteiger partial charge in [-0.25, -0.2) is 0 Å². The van der Waals surface area contributed by atoms with Gasteiger partial charge in [0.1, 0.15) is 0 Å². The highest BCUT2D eigenvalue weighted by Crippen LogP contribution is 2.43. The summed E-state index contributed by atoms with van der Waals surface area (Å²) in [5, 5.41) is 0. The molecule has 2 nitrogen and oxygen atoms in total. The number of nitrogens with zero attached hydrogens (tertiary/aromatic N) is 1. The third-order valence-electron chi connectivity index (χ3n) is 4.40. The van der Waals surface area contributed by atoms with Gasteiger partial charge in [-0.2, -0.15) is 0 Å². The number of carbonyl (C=O) groups excluding carboxylic acids is 1. The van der Waals surface area contributed by atoms with Gasteiger partial charge in [-0.3, -0.25) is 4.79 Å². The lowest BCUT2D eigenvalue weighted by atomic mass is 10.1. The molecule has 1 amide bonds. The fourth-order valence-electron chi connectivity index (χ4n) is 3.10. The predicted octanol–water partition coefficient (Wildman–Crippen LogP) is 4.96. The second-order valence-electron chi connectivity index (χ2n) is 6.11. The van der Waals surface area contributed by atoms with Gasteiger partial charge in [-0.15, -0.1) is 23.5 Å². The maximum atomic E-state index is 12.7. The van der Waals surface area contributed by atoms with E-state index >= 15 is 0 Å². The third-order valence-corrected chi connectivity index (χ3v) is 7.42. The van der Waals surface area contributed by atoms with Crippen LogP contribution in [0.4, 0.5) is 0 Å². The Labute approximate surface area is 142 Å². The maximum Gasteiger partial charge on any atom is 0.253 e. The van der Waals surface area contributed by atoms with Crippen LogP contribution in [0.1, 0.15) is 59.0 Å². The van der Waals surface area contributed by atoms with Crippen molar-refractivity contribution in [3.8, 4) is 0 Å². The molecule has 0 radical (unpaired) electrons. The first-order chi connectivity index (χ1) is 10.8. The molecule has 2 aliphatic rings. The van der Waals surface area contributed by atoms with E-state index in [9.17, 15) is 4.79 Å². The smallest absolute Gasteiger partial charge is 0.253 e. The number of hydrogen-bond donors (Lipinski definition) is 0. The van der Waals surface area contributed by atoms with E-state index in [1.54, 1.807) is 0 Å². The van der Waals surface area contributed by atoms with E-state index in [4.69, 9.17) is 0 Å². The molecule has 2 aliphatic heterocycles. The van der Waals surface area contributed by atoms with Gasteiger partial charge >= 0.3 is 0 Å². The predicted molar refractivity (Wildman–Crippen MR) is 97.7 cm³/mol. The van der Waals surface area contributed by atoms with Crippen LogP contribution in [-0.4, -0.2) is 35.4 Å². The van der Waals surface area contributed by atoms with Crippen LogP contribution < -0.4 is 0 Å². The molecule has 1 aromatic carbocycles. The topological polar surface area (TPSA) is 20.3 Å². The van der Waals surface area contributed by atoms with Gasteiger partial charge < -0.3 is 4.90 Å². The molecule has 22 heavy (non-hydrogen) atoms. The van der Waals surface area contributed by atoms with Crippen molar-refractivity contribution in [2.24, 2.45) is 0 Å². The molecule has 3 rings (SSSR count). The standard InChI is InChI=1S/C18H25NOS2/c20-17(19-11-4-2-1-3-5-12-19)15-7-9-16(10-8-15)18-21-13-6-14-22-18/h7-10,18H,1-6,11-14H2. The second kappa shape index (κ2) is 8.30. The van der Waals surface area contributed by atoms with Crippen molar-refractivity contribution in [2.75, 3.05) is 24.6 Å². The molecule has 2 fully saturated rings.